The standard InChI is InChI=1S/C18H24FN3O2/c19-14-5-7-16(8-6-14)22-18(24)13-9-12(10-20-11-13)17(23)21-15-3-1-2-4-15/h5-8,12-13,15,20H,1-4,9-11H2,(H,21,23)(H,22,24)/t12-,13+/m0/s1. The minimum atomic E-state index is -0.337. The molecule has 0 unspecified atom stereocenters. The second-order valence-electron chi connectivity index (χ2n) is 6.77. The lowest BCUT2D eigenvalue weighted by atomic mass is 9.89. The molecule has 3 rings (SSSR count). The smallest absolute Gasteiger partial charge is 0.228 e. The highest BCUT2D eigenvalue weighted by atomic mass is 19.1. The fraction of sp³-hybridized carbons (Fsp3) is 0.556. The third-order valence-corrected chi connectivity index (χ3v) is 4.91. The molecule has 0 spiro atoms. The number of amides is 2. The normalized spacial score (nSPS) is 24.5. The summed E-state index contributed by atoms with van der Waals surface area (Å²) in [5.74, 6) is -0.858. The number of benzene rings is 1. The van der Waals surface area contributed by atoms with Gasteiger partial charge in [0.2, 0.25) is 11.8 Å². The Morgan fingerprint density at radius 2 is 1.62 bits per heavy atom. The lowest BCUT2D eigenvalue weighted by Gasteiger charge is -2.29. The van der Waals surface area contributed by atoms with Crippen molar-refractivity contribution in [1.82, 2.24) is 10.6 Å². The molecule has 1 saturated heterocycles. The molecule has 1 aromatic carbocycles. The molecule has 1 aromatic rings. The first-order valence-corrected chi connectivity index (χ1v) is 8.69. The molecule has 1 heterocycles. The van der Waals surface area contributed by atoms with Crippen LogP contribution in [-0.4, -0.2) is 30.9 Å². The summed E-state index contributed by atoms with van der Waals surface area (Å²) in [4.78, 5) is 24.8. The molecule has 1 saturated carbocycles. The highest BCUT2D eigenvalue weighted by Gasteiger charge is 2.32. The summed E-state index contributed by atoms with van der Waals surface area (Å²) in [6.45, 7) is 1.17. The predicted molar refractivity (Wildman–Crippen MR) is 89.9 cm³/mol. The second-order valence-corrected chi connectivity index (χ2v) is 6.77. The largest absolute Gasteiger partial charge is 0.353 e. The van der Waals surface area contributed by atoms with E-state index in [9.17, 15) is 14.0 Å². The molecule has 0 bridgehead atoms. The zero-order valence-electron chi connectivity index (χ0n) is 13.7. The second kappa shape index (κ2) is 7.75. The molecule has 2 amide bonds. The van der Waals surface area contributed by atoms with Crippen molar-refractivity contribution in [2.24, 2.45) is 11.8 Å². The number of piperidine rings is 1. The van der Waals surface area contributed by atoms with Gasteiger partial charge in [0.05, 0.1) is 11.8 Å². The molecule has 1 aliphatic carbocycles. The Morgan fingerprint density at radius 3 is 2.29 bits per heavy atom. The highest BCUT2D eigenvalue weighted by molar-refractivity contribution is 5.93. The van der Waals surface area contributed by atoms with Crippen LogP contribution in [0.3, 0.4) is 0 Å². The van der Waals surface area contributed by atoms with Crippen molar-refractivity contribution in [3.63, 3.8) is 0 Å². The quantitative estimate of drug-likeness (QED) is 0.790. The summed E-state index contributed by atoms with van der Waals surface area (Å²) in [6, 6.07) is 5.99. The molecular formula is C18H24FN3O2. The van der Waals surface area contributed by atoms with E-state index in [1.54, 1.807) is 0 Å². The van der Waals surface area contributed by atoms with Gasteiger partial charge < -0.3 is 16.0 Å². The molecular weight excluding hydrogens is 309 g/mol. The molecule has 24 heavy (non-hydrogen) atoms. The van der Waals surface area contributed by atoms with Gasteiger partial charge in [-0.3, -0.25) is 9.59 Å². The van der Waals surface area contributed by atoms with Crippen molar-refractivity contribution in [2.75, 3.05) is 18.4 Å². The molecule has 0 radical (unpaired) electrons. The molecule has 130 valence electrons. The topological polar surface area (TPSA) is 70.2 Å². The zero-order chi connectivity index (χ0) is 16.9. The van der Waals surface area contributed by atoms with Gasteiger partial charge in [-0.05, 0) is 43.5 Å². The lowest BCUT2D eigenvalue weighted by Crippen LogP contribution is -2.48. The van der Waals surface area contributed by atoms with Crippen LogP contribution >= 0.6 is 0 Å². The van der Waals surface area contributed by atoms with Gasteiger partial charge in [-0.15, -0.1) is 0 Å². The van der Waals surface area contributed by atoms with Crippen LogP contribution in [0.2, 0.25) is 0 Å². The maximum absolute atomic E-state index is 12.9. The molecule has 2 fully saturated rings. The van der Waals surface area contributed by atoms with Gasteiger partial charge in [0.15, 0.2) is 0 Å². The first kappa shape index (κ1) is 16.9. The summed E-state index contributed by atoms with van der Waals surface area (Å²) >= 11 is 0. The molecule has 1 aliphatic heterocycles. The number of rotatable bonds is 4. The summed E-state index contributed by atoms with van der Waals surface area (Å²) < 4.78 is 12.9. The van der Waals surface area contributed by atoms with Gasteiger partial charge in [-0.25, -0.2) is 4.39 Å². The van der Waals surface area contributed by atoms with Gasteiger partial charge in [0.25, 0.3) is 0 Å². The van der Waals surface area contributed by atoms with E-state index in [-0.39, 0.29) is 29.5 Å². The number of halogens is 1. The predicted octanol–water partition coefficient (Wildman–Crippen LogP) is 2.05. The summed E-state index contributed by atoms with van der Waals surface area (Å²) in [5.41, 5.74) is 0.568. The Hall–Kier alpha value is -1.95. The van der Waals surface area contributed by atoms with E-state index >= 15 is 0 Å². The Balaban J connectivity index is 1.53. The van der Waals surface area contributed by atoms with Crippen LogP contribution in [0.1, 0.15) is 32.1 Å². The molecule has 2 aliphatic rings. The molecule has 6 heteroatoms. The number of hydrogen-bond donors (Lipinski definition) is 3. The van der Waals surface area contributed by atoms with Crippen molar-refractivity contribution in [2.45, 2.75) is 38.1 Å². The van der Waals surface area contributed by atoms with Crippen LogP contribution in [0.5, 0.6) is 0 Å². The molecule has 0 aromatic heterocycles. The number of carbonyl (C=O) groups is 2. The average molecular weight is 333 g/mol. The van der Waals surface area contributed by atoms with Crippen LogP contribution in [0.25, 0.3) is 0 Å². The summed E-state index contributed by atoms with van der Waals surface area (Å²) in [6.07, 6.45) is 5.01. The zero-order valence-corrected chi connectivity index (χ0v) is 13.7. The van der Waals surface area contributed by atoms with E-state index in [1.165, 1.54) is 37.1 Å². The number of anilines is 1. The fourth-order valence-corrected chi connectivity index (χ4v) is 3.51. The Labute approximate surface area is 141 Å². The number of nitrogens with one attached hydrogen (secondary N) is 3. The van der Waals surface area contributed by atoms with Gasteiger partial charge in [0.1, 0.15) is 5.82 Å². The minimum Gasteiger partial charge on any atom is -0.353 e. The highest BCUT2D eigenvalue weighted by Crippen LogP contribution is 2.22. The fourth-order valence-electron chi connectivity index (χ4n) is 3.51. The van der Waals surface area contributed by atoms with E-state index in [1.807, 2.05) is 0 Å². The van der Waals surface area contributed by atoms with E-state index in [0.717, 1.165) is 12.8 Å². The van der Waals surface area contributed by atoms with Gasteiger partial charge >= 0.3 is 0 Å². The van der Waals surface area contributed by atoms with Crippen LogP contribution in [0.15, 0.2) is 24.3 Å². The summed E-state index contributed by atoms with van der Waals surface area (Å²) in [5, 5.41) is 9.09. The third kappa shape index (κ3) is 4.32. The maximum atomic E-state index is 12.9. The maximum Gasteiger partial charge on any atom is 0.228 e. The first-order valence-electron chi connectivity index (χ1n) is 8.69. The molecule has 2 atom stereocenters. The van der Waals surface area contributed by atoms with Crippen molar-refractivity contribution < 1.29 is 14.0 Å². The number of carbonyl (C=O) groups excluding carboxylic acids is 2. The minimum absolute atomic E-state index is 0.0497. The Bertz CT molecular complexity index is 584. The van der Waals surface area contributed by atoms with Crippen LogP contribution in [-0.2, 0) is 9.59 Å². The van der Waals surface area contributed by atoms with Crippen molar-refractivity contribution >= 4 is 17.5 Å². The van der Waals surface area contributed by atoms with E-state index in [2.05, 4.69) is 16.0 Å². The van der Waals surface area contributed by atoms with Crippen molar-refractivity contribution in [1.29, 1.82) is 0 Å². The first-order chi connectivity index (χ1) is 11.6. The average Bonchev–Trinajstić information content (AvgIpc) is 3.10. The van der Waals surface area contributed by atoms with Crippen molar-refractivity contribution in [3.05, 3.63) is 30.1 Å². The molecule has 5 nitrogen and oxygen atoms in total. The Morgan fingerprint density at radius 1 is 1.00 bits per heavy atom. The van der Waals surface area contributed by atoms with Gasteiger partial charge in [-0.1, -0.05) is 12.8 Å². The van der Waals surface area contributed by atoms with Crippen LogP contribution in [0.4, 0.5) is 10.1 Å². The van der Waals surface area contributed by atoms with E-state index in [0.29, 0.717) is 31.2 Å². The van der Waals surface area contributed by atoms with E-state index < -0.39 is 0 Å². The molecule has 3 N–H and O–H groups in total. The lowest BCUT2D eigenvalue weighted by molar-refractivity contribution is -0.128. The van der Waals surface area contributed by atoms with Gasteiger partial charge in [-0.2, -0.15) is 0 Å². The van der Waals surface area contributed by atoms with E-state index in [4.69, 9.17) is 0 Å². The third-order valence-electron chi connectivity index (χ3n) is 4.91. The van der Waals surface area contributed by atoms with Gasteiger partial charge in [0, 0.05) is 24.8 Å². The van der Waals surface area contributed by atoms with Crippen LogP contribution in [0, 0.1) is 17.7 Å². The van der Waals surface area contributed by atoms with Crippen molar-refractivity contribution in [3.8, 4) is 0 Å². The SMILES string of the molecule is O=C(Nc1ccc(F)cc1)[C@H]1CNC[C@@H](C(=O)NC2CCCC2)C1. The van der Waals surface area contributed by atoms with Crippen LogP contribution < -0.4 is 16.0 Å². The summed E-state index contributed by atoms with van der Waals surface area (Å²) in [7, 11) is 0. The number of hydrogen-bond acceptors (Lipinski definition) is 3. The monoisotopic (exact) mass is 333 g/mol. The Kier molecular flexibility index (Phi) is 5.45.